The molecule has 0 aromatic heterocycles. The van der Waals surface area contributed by atoms with E-state index in [4.69, 9.17) is 9.47 Å². The fraction of sp³-hybridized carbons (Fsp3) is 0.913. The minimum Gasteiger partial charge on any atom is -0.392 e. The lowest BCUT2D eigenvalue weighted by atomic mass is 9.41. The molecule has 27 heavy (non-hydrogen) atoms. The maximum absolute atomic E-state index is 10.7. The van der Waals surface area contributed by atoms with Crippen molar-refractivity contribution in [1.29, 1.82) is 0 Å². The van der Waals surface area contributed by atoms with Gasteiger partial charge in [0.2, 0.25) is 0 Å². The Morgan fingerprint density at radius 2 is 1.81 bits per heavy atom. The minimum absolute atomic E-state index is 0.0862. The van der Waals surface area contributed by atoms with E-state index in [2.05, 4.69) is 25.7 Å². The third kappa shape index (κ3) is 3.15. The minimum atomic E-state index is -0.568. The molecule has 1 saturated heterocycles. The average Bonchev–Trinajstić information content (AvgIpc) is 3.18. The molecule has 4 aliphatic rings. The largest absolute Gasteiger partial charge is 0.392 e. The second-order valence-corrected chi connectivity index (χ2v) is 9.50. The summed E-state index contributed by atoms with van der Waals surface area (Å²) < 4.78 is 12.3. The Morgan fingerprint density at radius 3 is 2.48 bits per heavy atom. The van der Waals surface area contributed by atoms with Gasteiger partial charge in [-0.2, -0.15) is 0 Å². The van der Waals surface area contributed by atoms with Crippen LogP contribution in [0.25, 0.3) is 0 Å². The van der Waals surface area contributed by atoms with Crippen molar-refractivity contribution in [2.24, 2.45) is 29.1 Å². The number of rotatable bonds is 3. The van der Waals surface area contributed by atoms with Crippen molar-refractivity contribution in [2.75, 3.05) is 13.2 Å². The number of aliphatic hydroxyl groups excluding tert-OH is 2. The van der Waals surface area contributed by atoms with Gasteiger partial charge >= 0.3 is 0 Å². The van der Waals surface area contributed by atoms with Crippen LogP contribution in [-0.2, 0) is 9.47 Å². The molecule has 3 aliphatic carbocycles. The average molecular weight is 377 g/mol. The zero-order valence-corrected chi connectivity index (χ0v) is 17.0. The number of ether oxygens (including phenoxy) is 2. The summed E-state index contributed by atoms with van der Waals surface area (Å²) in [5.41, 5.74) is -0.0862. The molecule has 0 aromatic carbocycles. The third-order valence-electron chi connectivity index (χ3n) is 8.07. The SMILES string of the molecule is CCC1[C@@H]2[C@@H](C#C[C@@H](O)CC3CCCCC3)[C@H](O)CC[C@]2(C)C12OCCO2. The molecule has 1 spiro atoms. The summed E-state index contributed by atoms with van der Waals surface area (Å²) in [5.74, 6) is 7.04. The second-order valence-electron chi connectivity index (χ2n) is 9.50. The molecular formula is C23H36O4. The fourth-order valence-electron chi connectivity index (χ4n) is 6.76. The molecule has 1 unspecified atom stereocenters. The molecule has 152 valence electrons. The standard InChI is InChI=1S/C23H36O4/c1-3-19-21-18(10-9-17(24)15-16-7-5-4-6-8-16)20(25)11-12-22(21,2)23(19)26-13-14-27-23/h16-21,24-25H,3-8,11-15H2,1-2H3/t17-,18+,19?,20-,21+,22+/m1/s1. The number of hydrogen-bond acceptors (Lipinski definition) is 4. The van der Waals surface area contributed by atoms with Crippen LogP contribution >= 0.6 is 0 Å². The molecule has 6 atom stereocenters. The highest BCUT2D eigenvalue weighted by Crippen LogP contribution is 2.70. The molecule has 4 heteroatoms. The van der Waals surface area contributed by atoms with E-state index in [1.54, 1.807) is 0 Å². The Labute approximate surface area is 164 Å². The van der Waals surface area contributed by atoms with E-state index in [1.807, 2.05) is 0 Å². The summed E-state index contributed by atoms with van der Waals surface area (Å²) in [6.07, 6.45) is 8.76. The molecule has 0 amide bonds. The normalized spacial score (nSPS) is 42.1. The highest BCUT2D eigenvalue weighted by Gasteiger charge is 2.75. The third-order valence-corrected chi connectivity index (χ3v) is 8.07. The van der Waals surface area contributed by atoms with Crippen LogP contribution in [0.4, 0.5) is 0 Å². The Balaban J connectivity index is 1.49. The van der Waals surface area contributed by atoms with E-state index >= 15 is 0 Å². The van der Waals surface area contributed by atoms with E-state index in [9.17, 15) is 10.2 Å². The summed E-state index contributed by atoms with van der Waals surface area (Å²) in [5, 5.41) is 21.2. The van der Waals surface area contributed by atoms with Crippen molar-refractivity contribution in [3.63, 3.8) is 0 Å². The molecule has 0 bridgehead atoms. The Hall–Kier alpha value is -0.600. The van der Waals surface area contributed by atoms with Gasteiger partial charge in [-0.3, -0.25) is 0 Å². The predicted molar refractivity (Wildman–Crippen MR) is 104 cm³/mol. The summed E-state index contributed by atoms with van der Waals surface area (Å²) >= 11 is 0. The van der Waals surface area contributed by atoms with Gasteiger partial charge in [-0.15, -0.1) is 0 Å². The van der Waals surface area contributed by atoms with Gasteiger partial charge in [0.05, 0.1) is 25.2 Å². The van der Waals surface area contributed by atoms with Crippen LogP contribution in [0.5, 0.6) is 0 Å². The van der Waals surface area contributed by atoms with Crippen LogP contribution in [-0.4, -0.2) is 41.4 Å². The van der Waals surface area contributed by atoms with Gasteiger partial charge in [-0.05, 0) is 37.5 Å². The van der Waals surface area contributed by atoms with E-state index in [0.29, 0.717) is 19.1 Å². The predicted octanol–water partition coefficient (Wildman–Crippen LogP) is 3.50. The molecule has 0 aromatic rings. The molecule has 4 rings (SSSR count). The Kier molecular flexibility index (Phi) is 5.60. The first-order valence-corrected chi connectivity index (χ1v) is 11.2. The first-order valence-electron chi connectivity index (χ1n) is 11.2. The first kappa shape index (κ1) is 19.7. The second kappa shape index (κ2) is 7.67. The van der Waals surface area contributed by atoms with Gasteiger partial charge in [-0.1, -0.05) is 57.8 Å². The molecule has 0 radical (unpaired) electrons. The summed E-state index contributed by atoms with van der Waals surface area (Å²) in [7, 11) is 0. The van der Waals surface area contributed by atoms with E-state index in [1.165, 1.54) is 32.1 Å². The molecule has 2 N–H and O–H groups in total. The highest BCUT2D eigenvalue weighted by atomic mass is 16.7. The molecule has 1 heterocycles. The van der Waals surface area contributed by atoms with Crippen molar-refractivity contribution < 1.29 is 19.7 Å². The van der Waals surface area contributed by atoms with Crippen molar-refractivity contribution >= 4 is 0 Å². The fourth-order valence-corrected chi connectivity index (χ4v) is 6.76. The van der Waals surface area contributed by atoms with Crippen LogP contribution in [0.3, 0.4) is 0 Å². The summed E-state index contributed by atoms with van der Waals surface area (Å²) in [6, 6.07) is 0. The van der Waals surface area contributed by atoms with Crippen LogP contribution in [0, 0.1) is 40.9 Å². The first-order chi connectivity index (χ1) is 13.0. The van der Waals surface area contributed by atoms with Gasteiger partial charge in [-0.25, -0.2) is 0 Å². The van der Waals surface area contributed by atoms with Crippen LogP contribution in [0.15, 0.2) is 0 Å². The molecule has 1 aliphatic heterocycles. The maximum Gasteiger partial charge on any atom is 0.177 e. The number of fused-ring (bicyclic) bond motifs is 2. The smallest absolute Gasteiger partial charge is 0.177 e. The highest BCUT2D eigenvalue weighted by molar-refractivity contribution is 5.24. The van der Waals surface area contributed by atoms with Gasteiger partial charge in [0.1, 0.15) is 6.10 Å². The van der Waals surface area contributed by atoms with Gasteiger partial charge in [0.25, 0.3) is 0 Å². The van der Waals surface area contributed by atoms with Crippen molar-refractivity contribution in [2.45, 2.75) is 89.6 Å². The summed E-state index contributed by atoms with van der Waals surface area (Å²) in [6.45, 7) is 5.77. The maximum atomic E-state index is 10.7. The molecule has 4 fully saturated rings. The van der Waals surface area contributed by atoms with Crippen molar-refractivity contribution in [3.8, 4) is 11.8 Å². The quantitative estimate of drug-likeness (QED) is 0.740. The molecule has 4 nitrogen and oxygen atoms in total. The van der Waals surface area contributed by atoms with Gasteiger partial charge in [0.15, 0.2) is 5.79 Å². The Bertz CT molecular complexity index is 581. The summed E-state index contributed by atoms with van der Waals surface area (Å²) in [4.78, 5) is 0. The number of hydrogen-bond donors (Lipinski definition) is 2. The molecular weight excluding hydrogens is 340 g/mol. The monoisotopic (exact) mass is 376 g/mol. The van der Waals surface area contributed by atoms with Crippen molar-refractivity contribution in [3.05, 3.63) is 0 Å². The lowest BCUT2D eigenvalue weighted by molar-refractivity contribution is -0.384. The number of aliphatic hydroxyl groups is 2. The zero-order valence-electron chi connectivity index (χ0n) is 17.0. The zero-order chi connectivity index (χ0) is 19.1. The van der Waals surface area contributed by atoms with Gasteiger partial charge in [0, 0.05) is 11.3 Å². The van der Waals surface area contributed by atoms with E-state index < -0.39 is 18.0 Å². The van der Waals surface area contributed by atoms with Crippen LogP contribution in [0.1, 0.15) is 71.6 Å². The van der Waals surface area contributed by atoms with Crippen molar-refractivity contribution in [1.82, 2.24) is 0 Å². The van der Waals surface area contributed by atoms with Crippen LogP contribution in [0.2, 0.25) is 0 Å². The van der Waals surface area contributed by atoms with E-state index in [-0.39, 0.29) is 23.2 Å². The lowest BCUT2D eigenvalue weighted by Crippen LogP contribution is -2.74. The lowest BCUT2D eigenvalue weighted by Gasteiger charge is -2.68. The van der Waals surface area contributed by atoms with E-state index in [0.717, 1.165) is 25.7 Å². The molecule has 3 saturated carbocycles. The van der Waals surface area contributed by atoms with Gasteiger partial charge < -0.3 is 19.7 Å². The Morgan fingerprint density at radius 1 is 1.11 bits per heavy atom. The topological polar surface area (TPSA) is 58.9 Å². The van der Waals surface area contributed by atoms with Crippen LogP contribution < -0.4 is 0 Å².